The highest BCUT2D eigenvalue weighted by atomic mass is 16.4. The second-order valence-electron chi connectivity index (χ2n) is 3.00. The van der Waals surface area contributed by atoms with E-state index in [2.05, 4.69) is 5.32 Å². The molecule has 0 aromatic carbocycles. The maximum absolute atomic E-state index is 11.0. The van der Waals surface area contributed by atoms with Crippen LogP contribution < -0.4 is 11.1 Å². The Kier molecular flexibility index (Phi) is 4.88. The van der Waals surface area contributed by atoms with E-state index in [0.29, 0.717) is 0 Å². The van der Waals surface area contributed by atoms with Crippen molar-refractivity contribution < 1.29 is 14.8 Å². The average Bonchev–Trinajstić information content (AvgIpc) is 1.98. The zero-order chi connectivity index (χ0) is 9.72. The molecule has 1 atom stereocenters. The first-order valence-corrected chi connectivity index (χ1v) is 3.84. The highest BCUT2D eigenvalue weighted by Gasteiger charge is 2.18. The zero-order valence-corrected chi connectivity index (χ0v) is 7.32. The molecule has 0 aromatic rings. The number of nitrogens with one attached hydrogen (secondary N) is 1. The average molecular weight is 174 g/mol. The summed E-state index contributed by atoms with van der Waals surface area (Å²) in [5.41, 5.74) is 5.47. The van der Waals surface area contributed by atoms with Gasteiger partial charge < -0.3 is 21.1 Å². The molecule has 0 aliphatic carbocycles. The predicted octanol–water partition coefficient (Wildman–Crippen LogP) is -1.90. The van der Waals surface area contributed by atoms with Gasteiger partial charge in [0.1, 0.15) is 0 Å². The first-order chi connectivity index (χ1) is 5.45. The molecule has 5 N–H and O–H groups in total. The van der Waals surface area contributed by atoms with Gasteiger partial charge in [-0.1, -0.05) is 13.8 Å². The lowest BCUT2D eigenvalue weighted by atomic mass is 9.92. The summed E-state index contributed by atoms with van der Waals surface area (Å²) in [6.45, 7) is 3.64. The molecule has 0 bridgehead atoms. The molecule has 6 heteroatoms. The van der Waals surface area contributed by atoms with Gasteiger partial charge in [0.2, 0.25) is 5.91 Å². The molecule has 0 saturated heterocycles. The molecule has 0 heterocycles. The van der Waals surface area contributed by atoms with E-state index in [4.69, 9.17) is 15.8 Å². The van der Waals surface area contributed by atoms with Gasteiger partial charge in [-0.05, 0) is 5.92 Å². The summed E-state index contributed by atoms with van der Waals surface area (Å²) < 4.78 is 0. The Morgan fingerprint density at radius 3 is 2.42 bits per heavy atom. The van der Waals surface area contributed by atoms with Gasteiger partial charge in [0.15, 0.2) is 0 Å². The molecule has 70 valence electrons. The molecule has 0 fully saturated rings. The van der Waals surface area contributed by atoms with E-state index in [1.165, 1.54) is 0 Å². The van der Waals surface area contributed by atoms with Crippen LogP contribution in [0.1, 0.15) is 13.8 Å². The molecular formula is C6H15BN2O3. The number of carbonyl (C=O) groups excluding carboxylic acids is 1. The van der Waals surface area contributed by atoms with E-state index in [1.54, 1.807) is 0 Å². The van der Waals surface area contributed by atoms with Crippen LogP contribution in [-0.4, -0.2) is 35.6 Å². The van der Waals surface area contributed by atoms with E-state index in [0.717, 1.165) is 0 Å². The Labute approximate surface area is 72.1 Å². The standard InChI is InChI=1S/C6H15BN2O3/c1-4(2)5(8)6(10)9-3-7(11)12/h4-5,11-12H,3,8H2,1-2H3,(H,9,10)/t5-/m0/s1. The predicted molar refractivity (Wildman–Crippen MR) is 46.0 cm³/mol. The molecule has 0 aliphatic heterocycles. The molecule has 0 aromatic heterocycles. The van der Waals surface area contributed by atoms with E-state index >= 15 is 0 Å². The fourth-order valence-electron chi connectivity index (χ4n) is 0.612. The van der Waals surface area contributed by atoms with E-state index < -0.39 is 13.2 Å². The maximum atomic E-state index is 11.0. The van der Waals surface area contributed by atoms with Crippen molar-refractivity contribution in [3.05, 3.63) is 0 Å². The third kappa shape index (κ3) is 4.33. The number of rotatable bonds is 4. The molecular weight excluding hydrogens is 159 g/mol. The summed E-state index contributed by atoms with van der Waals surface area (Å²) in [7, 11) is -1.52. The van der Waals surface area contributed by atoms with Crippen molar-refractivity contribution in [2.75, 3.05) is 6.44 Å². The Hall–Kier alpha value is -0.585. The fourth-order valence-corrected chi connectivity index (χ4v) is 0.612. The lowest BCUT2D eigenvalue weighted by molar-refractivity contribution is -0.123. The van der Waals surface area contributed by atoms with Crippen LogP contribution in [-0.2, 0) is 4.79 Å². The molecule has 0 radical (unpaired) electrons. The van der Waals surface area contributed by atoms with Gasteiger partial charge in [0, 0.05) is 0 Å². The summed E-state index contributed by atoms with van der Waals surface area (Å²) in [6.07, 6.45) is -0.181. The van der Waals surface area contributed by atoms with Gasteiger partial charge >= 0.3 is 7.12 Å². The van der Waals surface area contributed by atoms with Crippen LogP contribution in [0.15, 0.2) is 0 Å². The molecule has 12 heavy (non-hydrogen) atoms. The minimum Gasteiger partial charge on any atom is -0.426 e. The Morgan fingerprint density at radius 1 is 1.58 bits per heavy atom. The Morgan fingerprint density at radius 2 is 2.08 bits per heavy atom. The van der Waals surface area contributed by atoms with E-state index in [-0.39, 0.29) is 18.3 Å². The Balaban J connectivity index is 3.72. The summed E-state index contributed by atoms with van der Waals surface area (Å²) in [4.78, 5) is 11.0. The van der Waals surface area contributed by atoms with Gasteiger partial charge in [-0.15, -0.1) is 0 Å². The van der Waals surface area contributed by atoms with Crippen molar-refractivity contribution in [3.8, 4) is 0 Å². The third-order valence-corrected chi connectivity index (χ3v) is 1.48. The first-order valence-electron chi connectivity index (χ1n) is 3.84. The van der Waals surface area contributed by atoms with E-state index in [1.807, 2.05) is 13.8 Å². The van der Waals surface area contributed by atoms with Crippen LogP contribution in [0.25, 0.3) is 0 Å². The number of carbonyl (C=O) groups is 1. The normalized spacial score (nSPS) is 12.8. The topological polar surface area (TPSA) is 95.6 Å². The number of nitrogens with two attached hydrogens (primary N) is 1. The van der Waals surface area contributed by atoms with Crippen LogP contribution in [0.5, 0.6) is 0 Å². The first kappa shape index (κ1) is 11.4. The van der Waals surface area contributed by atoms with Crippen LogP contribution in [0.3, 0.4) is 0 Å². The van der Waals surface area contributed by atoms with Crippen LogP contribution in [0, 0.1) is 5.92 Å². The number of hydrogen-bond donors (Lipinski definition) is 4. The van der Waals surface area contributed by atoms with Gasteiger partial charge in [-0.2, -0.15) is 0 Å². The minimum absolute atomic E-state index is 0.0424. The third-order valence-electron chi connectivity index (χ3n) is 1.48. The zero-order valence-electron chi connectivity index (χ0n) is 7.32. The van der Waals surface area contributed by atoms with Crippen molar-refractivity contribution in [2.24, 2.45) is 11.7 Å². The smallest absolute Gasteiger partial charge is 0.426 e. The summed E-state index contributed by atoms with van der Waals surface area (Å²) in [5.74, 6) is -0.320. The molecule has 1 amide bonds. The Bertz CT molecular complexity index is 152. The van der Waals surface area contributed by atoms with Crippen molar-refractivity contribution in [3.63, 3.8) is 0 Å². The monoisotopic (exact) mass is 174 g/mol. The second-order valence-corrected chi connectivity index (χ2v) is 3.00. The minimum atomic E-state index is -1.52. The highest BCUT2D eigenvalue weighted by molar-refractivity contribution is 6.41. The van der Waals surface area contributed by atoms with Crippen molar-refractivity contribution in [1.29, 1.82) is 0 Å². The molecule has 0 saturated carbocycles. The summed E-state index contributed by atoms with van der Waals surface area (Å²) >= 11 is 0. The fraction of sp³-hybridized carbons (Fsp3) is 0.833. The lowest BCUT2D eigenvalue weighted by Gasteiger charge is -2.14. The summed E-state index contributed by atoms with van der Waals surface area (Å²) in [6, 6.07) is -0.594. The van der Waals surface area contributed by atoms with Gasteiger partial charge in [-0.25, -0.2) is 0 Å². The van der Waals surface area contributed by atoms with Crippen LogP contribution in [0.2, 0.25) is 0 Å². The second kappa shape index (κ2) is 5.13. The molecule has 0 aliphatic rings. The van der Waals surface area contributed by atoms with E-state index in [9.17, 15) is 4.79 Å². The van der Waals surface area contributed by atoms with Crippen molar-refractivity contribution >= 4 is 13.0 Å². The number of amides is 1. The molecule has 0 unspecified atom stereocenters. The number of hydrogen-bond acceptors (Lipinski definition) is 4. The molecule has 0 rings (SSSR count). The van der Waals surface area contributed by atoms with Gasteiger partial charge in [0.25, 0.3) is 0 Å². The van der Waals surface area contributed by atoms with Gasteiger partial charge in [0.05, 0.1) is 12.5 Å². The molecule has 5 nitrogen and oxygen atoms in total. The molecule has 0 spiro atoms. The maximum Gasteiger partial charge on any atom is 0.472 e. The quantitative estimate of drug-likeness (QED) is 0.374. The van der Waals surface area contributed by atoms with Crippen molar-refractivity contribution in [1.82, 2.24) is 5.32 Å². The van der Waals surface area contributed by atoms with Crippen molar-refractivity contribution in [2.45, 2.75) is 19.9 Å². The SMILES string of the molecule is CC(C)[C@H](N)C(=O)NCB(O)O. The largest absolute Gasteiger partial charge is 0.472 e. The van der Waals surface area contributed by atoms with Crippen LogP contribution >= 0.6 is 0 Å². The lowest BCUT2D eigenvalue weighted by Crippen LogP contribution is -2.47. The highest BCUT2D eigenvalue weighted by Crippen LogP contribution is 1.97. The van der Waals surface area contributed by atoms with Gasteiger partial charge in [-0.3, -0.25) is 4.79 Å². The summed E-state index contributed by atoms with van der Waals surface area (Å²) in [5, 5.41) is 19.1. The van der Waals surface area contributed by atoms with Crippen LogP contribution in [0.4, 0.5) is 0 Å².